The van der Waals surface area contributed by atoms with Crippen molar-refractivity contribution in [1.82, 2.24) is 4.98 Å². The molecule has 1 aromatic carbocycles. The summed E-state index contributed by atoms with van der Waals surface area (Å²) < 4.78 is 0. The highest BCUT2D eigenvalue weighted by Gasteiger charge is 2.07. The Morgan fingerprint density at radius 3 is 2.75 bits per heavy atom. The number of aromatic nitrogens is 1. The van der Waals surface area contributed by atoms with Crippen molar-refractivity contribution < 1.29 is 15.0 Å². The van der Waals surface area contributed by atoms with E-state index in [1.165, 1.54) is 18.2 Å². The summed E-state index contributed by atoms with van der Waals surface area (Å²) in [5.74, 6) is -0.995. The number of carbonyl (C=O) groups is 1. The molecule has 0 spiro atoms. The number of benzene rings is 1. The van der Waals surface area contributed by atoms with E-state index in [1.807, 2.05) is 0 Å². The summed E-state index contributed by atoms with van der Waals surface area (Å²) in [5.41, 5.74) is 0.322. The van der Waals surface area contributed by atoms with E-state index >= 15 is 0 Å². The maximum absolute atomic E-state index is 11.5. The predicted octanol–water partition coefficient (Wildman–Crippen LogP) is 0.861. The number of phenols is 1. The minimum absolute atomic E-state index is 0.0702. The third-order valence-electron chi connectivity index (χ3n) is 2.25. The summed E-state index contributed by atoms with van der Waals surface area (Å²) >= 11 is 0. The van der Waals surface area contributed by atoms with Crippen LogP contribution in [0.1, 0.15) is 5.56 Å². The summed E-state index contributed by atoms with van der Waals surface area (Å²) in [5, 5.41) is 18.5. The predicted molar refractivity (Wildman–Crippen MR) is 57.6 cm³/mol. The van der Waals surface area contributed by atoms with Gasteiger partial charge in [-0.25, -0.2) is 0 Å². The summed E-state index contributed by atoms with van der Waals surface area (Å²) in [6, 6.07) is 5.96. The van der Waals surface area contributed by atoms with Crippen LogP contribution in [0, 0.1) is 0 Å². The zero-order chi connectivity index (χ0) is 11.7. The lowest BCUT2D eigenvalue weighted by Gasteiger charge is -2.01. The van der Waals surface area contributed by atoms with Gasteiger partial charge in [-0.2, -0.15) is 0 Å². The van der Waals surface area contributed by atoms with Crippen LogP contribution in [0.3, 0.4) is 0 Å². The maximum atomic E-state index is 11.5. The lowest BCUT2D eigenvalue weighted by molar-refractivity contribution is -0.136. The zero-order valence-corrected chi connectivity index (χ0v) is 8.23. The fraction of sp³-hybridized carbons (Fsp3) is 0.0909. The van der Waals surface area contributed by atoms with Crippen LogP contribution >= 0.6 is 0 Å². The van der Waals surface area contributed by atoms with Crippen molar-refractivity contribution in [3.8, 4) is 5.75 Å². The summed E-state index contributed by atoms with van der Waals surface area (Å²) in [6.07, 6.45) is -0.332. The van der Waals surface area contributed by atoms with Crippen LogP contribution in [0.4, 0.5) is 0 Å². The molecule has 0 saturated heterocycles. The van der Waals surface area contributed by atoms with Gasteiger partial charge in [0.2, 0.25) is 0 Å². The summed E-state index contributed by atoms with van der Waals surface area (Å²) in [6.45, 7) is 0. The van der Waals surface area contributed by atoms with Gasteiger partial charge in [0.05, 0.1) is 6.42 Å². The number of carboxylic acids is 1. The minimum atomic E-state index is -1.06. The summed E-state index contributed by atoms with van der Waals surface area (Å²) in [4.78, 5) is 24.6. The van der Waals surface area contributed by atoms with E-state index in [1.54, 1.807) is 6.07 Å². The number of aromatic hydroxyl groups is 1. The molecule has 0 bridgehead atoms. The molecule has 0 amide bonds. The van der Waals surface area contributed by atoms with Gasteiger partial charge in [0.15, 0.2) is 0 Å². The monoisotopic (exact) mass is 219 g/mol. The van der Waals surface area contributed by atoms with Crippen LogP contribution in [-0.4, -0.2) is 21.2 Å². The highest BCUT2D eigenvalue weighted by atomic mass is 16.4. The molecular formula is C11H9NO4. The normalized spacial score (nSPS) is 10.5. The maximum Gasteiger partial charge on any atom is 0.308 e. The number of carboxylic acid groups (broad SMARTS) is 1. The Balaban J connectivity index is 2.64. The number of aromatic amines is 1. The lowest BCUT2D eigenvalue weighted by Crippen LogP contribution is -2.15. The van der Waals surface area contributed by atoms with Gasteiger partial charge >= 0.3 is 5.97 Å². The first-order chi connectivity index (χ1) is 7.56. The Morgan fingerprint density at radius 1 is 1.31 bits per heavy atom. The van der Waals surface area contributed by atoms with E-state index in [2.05, 4.69) is 4.98 Å². The molecule has 0 saturated carbocycles. The number of pyridine rings is 1. The quantitative estimate of drug-likeness (QED) is 0.698. The topological polar surface area (TPSA) is 90.4 Å². The lowest BCUT2D eigenvalue weighted by atomic mass is 10.1. The number of aliphatic carboxylic acids is 1. The molecule has 0 aliphatic rings. The first kappa shape index (κ1) is 10.2. The van der Waals surface area contributed by atoms with Crippen LogP contribution < -0.4 is 5.56 Å². The van der Waals surface area contributed by atoms with Gasteiger partial charge in [-0.1, -0.05) is 0 Å². The van der Waals surface area contributed by atoms with Crippen LogP contribution in [0.2, 0.25) is 0 Å². The molecule has 5 heteroatoms. The van der Waals surface area contributed by atoms with Gasteiger partial charge in [-0.15, -0.1) is 0 Å². The number of hydrogen-bond donors (Lipinski definition) is 3. The van der Waals surface area contributed by atoms with Gasteiger partial charge in [0.1, 0.15) is 5.75 Å². The molecule has 1 aromatic heterocycles. The number of rotatable bonds is 2. The molecule has 2 aromatic rings. The molecule has 0 radical (unpaired) electrons. The van der Waals surface area contributed by atoms with Crippen LogP contribution in [0.15, 0.2) is 29.1 Å². The first-order valence-corrected chi connectivity index (χ1v) is 4.63. The first-order valence-electron chi connectivity index (χ1n) is 4.63. The second kappa shape index (κ2) is 3.69. The van der Waals surface area contributed by atoms with E-state index < -0.39 is 11.5 Å². The average Bonchev–Trinajstić information content (AvgIpc) is 2.19. The second-order valence-electron chi connectivity index (χ2n) is 3.47. The Labute approximate surface area is 90.0 Å². The molecule has 16 heavy (non-hydrogen) atoms. The van der Waals surface area contributed by atoms with Crippen molar-refractivity contribution >= 4 is 16.9 Å². The number of hydrogen-bond acceptors (Lipinski definition) is 3. The number of H-pyrrole nitrogens is 1. The number of fused-ring (bicyclic) bond motifs is 1. The van der Waals surface area contributed by atoms with E-state index in [0.717, 1.165) is 0 Å². The molecule has 3 N–H and O–H groups in total. The van der Waals surface area contributed by atoms with Crippen LogP contribution in [-0.2, 0) is 11.2 Å². The standard InChI is InChI=1S/C11H9NO4/c13-8-1-2-9-6(4-8)3-7(5-10(14)15)11(16)12-9/h1-4,13H,5H2,(H,12,16)(H,14,15). The fourth-order valence-corrected chi connectivity index (χ4v) is 1.53. The van der Waals surface area contributed by atoms with Gasteiger partial charge in [0, 0.05) is 16.5 Å². The van der Waals surface area contributed by atoms with Gasteiger partial charge in [0.25, 0.3) is 5.56 Å². The van der Waals surface area contributed by atoms with Crippen LogP contribution in [0.5, 0.6) is 5.75 Å². The summed E-state index contributed by atoms with van der Waals surface area (Å²) in [7, 11) is 0. The van der Waals surface area contributed by atoms with Gasteiger partial charge in [-0.3, -0.25) is 9.59 Å². The third-order valence-corrected chi connectivity index (χ3v) is 2.25. The molecule has 0 aliphatic heterocycles. The zero-order valence-electron chi connectivity index (χ0n) is 8.23. The third kappa shape index (κ3) is 1.88. The van der Waals surface area contributed by atoms with Crippen molar-refractivity contribution in [2.45, 2.75) is 6.42 Å². The number of phenolic OH excluding ortho intramolecular Hbond substituents is 1. The molecule has 0 fully saturated rings. The van der Waals surface area contributed by atoms with Crippen molar-refractivity contribution in [1.29, 1.82) is 0 Å². The molecule has 82 valence electrons. The van der Waals surface area contributed by atoms with E-state index in [0.29, 0.717) is 10.9 Å². The molecule has 0 unspecified atom stereocenters. The van der Waals surface area contributed by atoms with E-state index in [-0.39, 0.29) is 17.7 Å². The minimum Gasteiger partial charge on any atom is -0.508 e. The molecular weight excluding hydrogens is 210 g/mol. The van der Waals surface area contributed by atoms with Gasteiger partial charge < -0.3 is 15.2 Å². The highest BCUT2D eigenvalue weighted by Crippen LogP contribution is 2.17. The molecule has 0 atom stereocenters. The van der Waals surface area contributed by atoms with E-state index in [4.69, 9.17) is 5.11 Å². The molecule has 5 nitrogen and oxygen atoms in total. The van der Waals surface area contributed by atoms with Crippen molar-refractivity contribution in [2.75, 3.05) is 0 Å². The largest absolute Gasteiger partial charge is 0.508 e. The van der Waals surface area contributed by atoms with Crippen LogP contribution in [0.25, 0.3) is 10.9 Å². The number of nitrogens with one attached hydrogen (secondary N) is 1. The molecule has 0 aliphatic carbocycles. The average molecular weight is 219 g/mol. The SMILES string of the molecule is O=C(O)Cc1cc2cc(O)ccc2[nH]c1=O. The highest BCUT2D eigenvalue weighted by molar-refractivity contribution is 5.81. The van der Waals surface area contributed by atoms with Crippen molar-refractivity contribution in [3.05, 3.63) is 40.2 Å². The fourth-order valence-electron chi connectivity index (χ4n) is 1.53. The Hall–Kier alpha value is -2.30. The van der Waals surface area contributed by atoms with Crippen molar-refractivity contribution in [3.63, 3.8) is 0 Å². The second-order valence-corrected chi connectivity index (χ2v) is 3.47. The van der Waals surface area contributed by atoms with Crippen molar-refractivity contribution in [2.24, 2.45) is 0 Å². The Bertz CT molecular complexity index is 615. The Kier molecular flexibility index (Phi) is 2.36. The smallest absolute Gasteiger partial charge is 0.308 e. The van der Waals surface area contributed by atoms with Gasteiger partial charge in [-0.05, 0) is 24.3 Å². The van der Waals surface area contributed by atoms with E-state index in [9.17, 15) is 14.7 Å². The molecule has 1 heterocycles. The Morgan fingerprint density at radius 2 is 2.06 bits per heavy atom. The molecule has 2 rings (SSSR count).